The zero-order valence-electron chi connectivity index (χ0n) is 13.7. The molecule has 0 fully saturated rings. The molecule has 0 spiro atoms. The summed E-state index contributed by atoms with van der Waals surface area (Å²) in [7, 11) is 1.65. The van der Waals surface area contributed by atoms with Gasteiger partial charge in [0.15, 0.2) is 0 Å². The van der Waals surface area contributed by atoms with E-state index in [1.807, 2.05) is 25.1 Å². The minimum absolute atomic E-state index is 0.0541. The first-order chi connectivity index (χ1) is 11.6. The van der Waals surface area contributed by atoms with E-state index < -0.39 is 0 Å². The number of hydrogen-bond acceptors (Lipinski definition) is 3. The SMILES string of the molecule is COc1ccc(C)cc1C(CN)c1cc(-c2ccc(F)cc2)n[nH]1. The molecule has 3 N–H and O–H groups in total. The quantitative estimate of drug-likeness (QED) is 0.753. The highest BCUT2D eigenvalue weighted by atomic mass is 19.1. The summed E-state index contributed by atoms with van der Waals surface area (Å²) < 4.78 is 18.6. The number of aryl methyl sites for hydroxylation is 1. The third-order valence-corrected chi connectivity index (χ3v) is 4.11. The van der Waals surface area contributed by atoms with Gasteiger partial charge in [-0.05, 0) is 43.3 Å². The van der Waals surface area contributed by atoms with Crippen LogP contribution in [-0.4, -0.2) is 23.9 Å². The standard InChI is InChI=1S/C19H20FN3O/c1-12-3-8-19(24-2)15(9-12)16(11-21)18-10-17(22-23-18)13-4-6-14(20)7-5-13/h3-10,16H,11,21H2,1-2H3,(H,22,23). The van der Waals surface area contributed by atoms with Crippen molar-refractivity contribution in [2.45, 2.75) is 12.8 Å². The largest absolute Gasteiger partial charge is 0.496 e. The Morgan fingerprint density at radius 3 is 2.58 bits per heavy atom. The van der Waals surface area contributed by atoms with Crippen LogP contribution in [0.4, 0.5) is 4.39 Å². The number of rotatable bonds is 5. The van der Waals surface area contributed by atoms with Crippen LogP contribution in [0.2, 0.25) is 0 Å². The van der Waals surface area contributed by atoms with Gasteiger partial charge in [-0.15, -0.1) is 0 Å². The van der Waals surface area contributed by atoms with E-state index in [0.717, 1.165) is 33.8 Å². The number of nitrogens with zero attached hydrogens (tertiary/aromatic N) is 1. The lowest BCUT2D eigenvalue weighted by Crippen LogP contribution is -2.15. The monoisotopic (exact) mass is 325 g/mol. The second-order valence-electron chi connectivity index (χ2n) is 5.75. The highest BCUT2D eigenvalue weighted by molar-refractivity contribution is 5.60. The summed E-state index contributed by atoms with van der Waals surface area (Å²) in [6, 6.07) is 14.3. The van der Waals surface area contributed by atoms with Crippen LogP contribution in [0, 0.1) is 12.7 Å². The van der Waals surface area contributed by atoms with E-state index in [9.17, 15) is 4.39 Å². The zero-order chi connectivity index (χ0) is 17.1. The topological polar surface area (TPSA) is 63.9 Å². The van der Waals surface area contributed by atoms with Crippen LogP contribution in [0.15, 0.2) is 48.5 Å². The minimum Gasteiger partial charge on any atom is -0.496 e. The molecule has 0 bridgehead atoms. The van der Waals surface area contributed by atoms with Crippen molar-refractivity contribution in [1.29, 1.82) is 0 Å². The van der Waals surface area contributed by atoms with Crippen LogP contribution in [0.5, 0.6) is 5.75 Å². The number of halogens is 1. The van der Waals surface area contributed by atoms with Gasteiger partial charge < -0.3 is 10.5 Å². The molecule has 0 saturated carbocycles. The Morgan fingerprint density at radius 1 is 1.17 bits per heavy atom. The second-order valence-corrected chi connectivity index (χ2v) is 5.75. The number of nitrogens with two attached hydrogens (primary N) is 1. The Labute approximate surface area is 140 Å². The Bertz CT molecular complexity index is 827. The van der Waals surface area contributed by atoms with Gasteiger partial charge in [0, 0.05) is 29.3 Å². The molecular weight excluding hydrogens is 305 g/mol. The predicted octanol–water partition coefficient (Wildman–Crippen LogP) is 3.62. The van der Waals surface area contributed by atoms with Crippen molar-refractivity contribution in [3.63, 3.8) is 0 Å². The maximum Gasteiger partial charge on any atom is 0.123 e. The number of ether oxygens (including phenoxy) is 1. The summed E-state index contributed by atoms with van der Waals surface area (Å²) in [4.78, 5) is 0. The number of nitrogens with one attached hydrogen (secondary N) is 1. The fourth-order valence-electron chi connectivity index (χ4n) is 2.83. The molecule has 24 heavy (non-hydrogen) atoms. The number of hydrogen-bond donors (Lipinski definition) is 2. The summed E-state index contributed by atoms with van der Waals surface area (Å²) in [6.45, 7) is 2.46. The maximum atomic E-state index is 13.1. The summed E-state index contributed by atoms with van der Waals surface area (Å²) >= 11 is 0. The van der Waals surface area contributed by atoms with Gasteiger partial charge >= 0.3 is 0 Å². The first-order valence-electron chi connectivity index (χ1n) is 7.78. The molecule has 4 nitrogen and oxygen atoms in total. The van der Waals surface area contributed by atoms with Crippen molar-refractivity contribution in [3.8, 4) is 17.0 Å². The van der Waals surface area contributed by atoms with Gasteiger partial charge in [-0.25, -0.2) is 4.39 Å². The van der Waals surface area contributed by atoms with Crippen molar-refractivity contribution in [3.05, 3.63) is 71.2 Å². The number of benzene rings is 2. The minimum atomic E-state index is -0.265. The molecule has 0 aliphatic carbocycles. The Morgan fingerprint density at radius 2 is 1.92 bits per heavy atom. The maximum absolute atomic E-state index is 13.1. The van der Waals surface area contributed by atoms with E-state index >= 15 is 0 Å². The summed E-state index contributed by atoms with van der Waals surface area (Å²) in [5, 5.41) is 7.40. The van der Waals surface area contributed by atoms with Crippen LogP contribution in [0.3, 0.4) is 0 Å². The van der Waals surface area contributed by atoms with Crippen molar-refractivity contribution in [2.75, 3.05) is 13.7 Å². The Kier molecular flexibility index (Phi) is 4.62. The van der Waals surface area contributed by atoms with Gasteiger partial charge in [-0.1, -0.05) is 17.7 Å². The molecule has 0 saturated heterocycles. The third-order valence-electron chi connectivity index (χ3n) is 4.11. The second kappa shape index (κ2) is 6.84. The number of H-pyrrole nitrogens is 1. The lowest BCUT2D eigenvalue weighted by Gasteiger charge is -2.17. The molecule has 0 amide bonds. The first-order valence-corrected chi connectivity index (χ1v) is 7.78. The fourth-order valence-corrected chi connectivity index (χ4v) is 2.83. The van der Waals surface area contributed by atoms with E-state index in [-0.39, 0.29) is 11.7 Å². The molecular formula is C19H20FN3O. The van der Waals surface area contributed by atoms with Crippen molar-refractivity contribution < 1.29 is 9.13 Å². The molecule has 0 radical (unpaired) electrons. The highest BCUT2D eigenvalue weighted by Gasteiger charge is 2.20. The third kappa shape index (κ3) is 3.16. The average Bonchev–Trinajstić information content (AvgIpc) is 3.06. The highest BCUT2D eigenvalue weighted by Crippen LogP contribution is 2.32. The molecule has 1 heterocycles. The van der Waals surface area contributed by atoms with Gasteiger partial charge in [0.25, 0.3) is 0 Å². The van der Waals surface area contributed by atoms with Crippen LogP contribution < -0.4 is 10.5 Å². The molecule has 1 unspecified atom stereocenters. The van der Waals surface area contributed by atoms with E-state index in [4.69, 9.17) is 10.5 Å². The lowest BCUT2D eigenvalue weighted by atomic mass is 9.93. The average molecular weight is 325 g/mol. The Hall–Kier alpha value is -2.66. The lowest BCUT2D eigenvalue weighted by molar-refractivity contribution is 0.407. The van der Waals surface area contributed by atoms with Crippen LogP contribution in [-0.2, 0) is 0 Å². The van der Waals surface area contributed by atoms with Crippen LogP contribution in [0.25, 0.3) is 11.3 Å². The number of methoxy groups -OCH3 is 1. The molecule has 3 aromatic rings. The molecule has 2 aromatic carbocycles. The molecule has 0 aliphatic heterocycles. The number of aromatic nitrogens is 2. The van der Waals surface area contributed by atoms with Gasteiger partial charge in [0.1, 0.15) is 11.6 Å². The fraction of sp³-hybridized carbons (Fsp3) is 0.211. The Balaban J connectivity index is 1.98. The summed E-state index contributed by atoms with van der Waals surface area (Å²) in [5.74, 6) is 0.481. The van der Waals surface area contributed by atoms with E-state index in [0.29, 0.717) is 6.54 Å². The van der Waals surface area contributed by atoms with Crippen molar-refractivity contribution in [1.82, 2.24) is 10.2 Å². The summed E-state index contributed by atoms with van der Waals surface area (Å²) in [5.41, 5.74) is 10.7. The van der Waals surface area contributed by atoms with E-state index in [1.54, 1.807) is 19.2 Å². The van der Waals surface area contributed by atoms with Crippen molar-refractivity contribution >= 4 is 0 Å². The summed E-state index contributed by atoms with van der Waals surface area (Å²) in [6.07, 6.45) is 0. The smallest absolute Gasteiger partial charge is 0.123 e. The zero-order valence-corrected chi connectivity index (χ0v) is 13.7. The molecule has 5 heteroatoms. The van der Waals surface area contributed by atoms with Gasteiger partial charge in [-0.3, -0.25) is 5.10 Å². The van der Waals surface area contributed by atoms with Gasteiger partial charge in [0.2, 0.25) is 0 Å². The van der Waals surface area contributed by atoms with Gasteiger partial charge in [-0.2, -0.15) is 5.10 Å². The molecule has 1 aromatic heterocycles. The molecule has 1 atom stereocenters. The first kappa shape index (κ1) is 16.2. The van der Waals surface area contributed by atoms with Gasteiger partial charge in [0.05, 0.1) is 12.8 Å². The normalized spacial score (nSPS) is 12.2. The van der Waals surface area contributed by atoms with Crippen LogP contribution in [0.1, 0.15) is 22.7 Å². The molecule has 124 valence electrons. The van der Waals surface area contributed by atoms with Crippen LogP contribution >= 0.6 is 0 Å². The van der Waals surface area contributed by atoms with E-state index in [2.05, 4.69) is 16.3 Å². The van der Waals surface area contributed by atoms with Crippen molar-refractivity contribution in [2.24, 2.45) is 5.73 Å². The molecule has 0 aliphatic rings. The molecule has 3 rings (SSSR count). The van der Waals surface area contributed by atoms with E-state index in [1.165, 1.54) is 12.1 Å². The number of aromatic amines is 1. The predicted molar refractivity (Wildman–Crippen MR) is 92.6 cm³/mol.